The molecule has 1 saturated heterocycles. The Labute approximate surface area is 316 Å². The molecule has 4 atom stereocenters. The van der Waals surface area contributed by atoms with Gasteiger partial charge in [0.25, 0.3) is 5.56 Å². The Hall–Kier alpha value is -3.44. The first kappa shape index (κ1) is 44.0. The number of aromatic nitrogens is 2. The second-order valence-corrected chi connectivity index (χ2v) is 14.5. The number of hydrogen-bond acceptors (Lipinski definition) is 9. The van der Waals surface area contributed by atoms with Crippen molar-refractivity contribution in [3.63, 3.8) is 0 Å². The van der Waals surface area contributed by atoms with E-state index >= 15 is 0 Å². The average molecular weight is 743 g/mol. The van der Waals surface area contributed by atoms with E-state index in [1.807, 2.05) is 32.9 Å². The van der Waals surface area contributed by atoms with Crippen molar-refractivity contribution in [1.82, 2.24) is 9.55 Å². The predicted octanol–water partition coefficient (Wildman–Crippen LogP) is 8.55. The molecule has 53 heavy (non-hydrogen) atoms. The van der Waals surface area contributed by atoms with Crippen LogP contribution in [0.4, 0.5) is 0 Å². The van der Waals surface area contributed by atoms with E-state index in [9.17, 15) is 19.2 Å². The highest BCUT2D eigenvalue weighted by Gasteiger charge is 2.48. The molecule has 0 amide bonds. The molecule has 1 aliphatic heterocycles. The van der Waals surface area contributed by atoms with Gasteiger partial charge in [-0.25, -0.2) is 4.79 Å². The van der Waals surface area contributed by atoms with Crippen molar-refractivity contribution >= 4 is 11.9 Å². The van der Waals surface area contributed by atoms with Crippen molar-refractivity contribution in [2.24, 2.45) is 0 Å². The Kier molecular flexibility index (Phi) is 20.6. The van der Waals surface area contributed by atoms with Crippen LogP contribution in [0.3, 0.4) is 0 Å². The molecule has 2 heterocycles. The van der Waals surface area contributed by atoms with E-state index in [0.717, 1.165) is 35.3 Å². The minimum absolute atomic E-state index is 0.0696. The molecule has 11 nitrogen and oxygen atoms in total. The molecule has 298 valence electrons. The molecule has 0 radical (unpaired) electrons. The average Bonchev–Trinajstić information content (AvgIpc) is 3.49. The first-order valence-corrected chi connectivity index (χ1v) is 20.3. The van der Waals surface area contributed by atoms with Crippen molar-refractivity contribution in [1.29, 1.82) is 0 Å². The summed E-state index contributed by atoms with van der Waals surface area (Å²) in [6.45, 7) is 8.90. The van der Waals surface area contributed by atoms with Crippen LogP contribution in [0, 0.1) is 13.8 Å². The largest absolute Gasteiger partial charge is 0.493 e. The molecule has 1 fully saturated rings. The smallest absolute Gasteiger partial charge is 0.330 e. The van der Waals surface area contributed by atoms with E-state index in [0.29, 0.717) is 13.0 Å². The fourth-order valence-electron chi connectivity index (χ4n) is 6.90. The van der Waals surface area contributed by atoms with E-state index < -0.39 is 47.7 Å². The van der Waals surface area contributed by atoms with Crippen molar-refractivity contribution in [3.05, 3.63) is 61.9 Å². The minimum Gasteiger partial charge on any atom is -0.493 e. The summed E-state index contributed by atoms with van der Waals surface area (Å²) in [5.41, 5.74) is 1.76. The van der Waals surface area contributed by atoms with Crippen LogP contribution in [0.2, 0.25) is 0 Å². The van der Waals surface area contributed by atoms with Crippen LogP contribution in [-0.4, -0.2) is 53.5 Å². The Morgan fingerprint density at radius 3 is 1.94 bits per heavy atom. The number of aryl methyl sites for hydroxylation is 1. The summed E-state index contributed by atoms with van der Waals surface area (Å²) in [6, 6.07) is 5.12. The van der Waals surface area contributed by atoms with E-state index in [1.54, 1.807) is 0 Å². The van der Waals surface area contributed by atoms with Gasteiger partial charge in [-0.3, -0.25) is 23.9 Å². The van der Waals surface area contributed by atoms with Crippen molar-refractivity contribution in [3.8, 4) is 5.75 Å². The number of rotatable bonds is 27. The van der Waals surface area contributed by atoms with Crippen LogP contribution in [0.25, 0.3) is 0 Å². The predicted molar refractivity (Wildman–Crippen MR) is 206 cm³/mol. The van der Waals surface area contributed by atoms with Gasteiger partial charge in [0.05, 0.1) is 25.6 Å². The fraction of sp³-hybridized carbons (Fsp3) is 0.714. The maximum Gasteiger partial charge on any atom is 0.330 e. The number of ether oxygens (including phenoxy) is 5. The highest BCUT2D eigenvalue weighted by atomic mass is 16.6. The Morgan fingerprint density at radius 2 is 1.38 bits per heavy atom. The van der Waals surface area contributed by atoms with Crippen LogP contribution in [-0.2, 0) is 35.1 Å². The van der Waals surface area contributed by atoms with E-state index in [2.05, 4.69) is 11.9 Å². The van der Waals surface area contributed by atoms with Crippen molar-refractivity contribution in [2.75, 3.05) is 13.7 Å². The lowest BCUT2D eigenvalue weighted by atomic mass is 10.0. The molecule has 3 rings (SSSR count). The van der Waals surface area contributed by atoms with Gasteiger partial charge in [-0.1, -0.05) is 116 Å². The van der Waals surface area contributed by atoms with Crippen LogP contribution in [0.15, 0.2) is 34.0 Å². The molecule has 11 heteroatoms. The molecule has 2 aromatic rings. The lowest BCUT2D eigenvalue weighted by Crippen LogP contribution is -2.40. The number of carbonyl (C=O) groups is 2. The monoisotopic (exact) mass is 742 g/mol. The molecule has 0 aliphatic carbocycles. The summed E-state index contributed by atoms with van der Waals surface area (Å²) in [5, 5.41) is 0. The van der Waals surface area contributed by atoms with Crippen LogP contribution in [0.1, 0.15) is 159 Å². The summed E-state index contributed by atoms with van der Waals surface area (Å²) in [7, 11) is 1.43. The molecular weight excluding hydrogens is 676 g/mol. The first-order valence-electron chi connectivity index (χ1n) is 20.3. The third-order valence-corrected chi connectivity index (χ3v) is 10.2. The molecule has 1 aromatic heterocycles. The highest BCUT2D eigenvalue weighted by Crippen LogP contribution is 2.34. The van der Waals surface area contributed by atoms with Gasteiger partial charge in [0.1, 0.15) is 18.5 Å². The minimum atomic E-state index is -0.905. The zero-order valence-corrected chi connectivity index (χ0v) is 33.1. The molecule has 0 saturated carbocycles. The summed E-state index contributed by atoms with van der Waals surface area (Å²) in [4.78, 5) is 51.5. The van der Waals surface area contributed by atoms with Gasteiger partial charge < -0.3 is 23.7 Å². The Morgan fingerprint density at radius 1 is 0.792 bits per heavy atom. The number of H-pyrrole nitrogens is 1. The summed E-state index contributed by atoms with van der Waals surface area (Å²) in [6.07, 6.45) is 19.7. The van der Waals surface area contributed by atoms with Gasteiger partial charge in [-0.05, 0) is 49.4 Å². The maximum absolute atomic E-state index is 12.8. The highest BCUT2D eigenvalue weighted by molar-refractivity contribution is 5.77. The number of nitrogens with one attached hydrogen (secondary N) is 1. The molecule has 1 aromatic carbocycles. The van der Waals surface area contributed by atoms with Gasteiger partial charge in [0.15, 0.2) is 12.3 Å². The lowest BCUT2D eigenvalue weighted by molar-refractivity contribution is -0.159. The van der Waals surface area contributed by atoms with Crippen molar-refractivity contribution in [2.45, 2.75) is 181 Å². The molecular formula is C42H66N2O9. The number of benzene rings is 1. The number of hydrogen-bond donors (Lipinski definition) is 1. The van der Waals surface area contributed by atoms with Gasteiger partial charge in [0.2, 0.25) is 0 Å². The summed E-state index contributed by atoms with van der Waals surface area (Å²) >= 11 is 0. The number of nitrogens with zero attached hydrogens (tertiary/aromatic N) is 1. The summed E-state index contributed by atoms with van der Waals surface area (Å²) in [5.74, 6) is -0.326. The molecule has 0 bridgehead atoms. The van der Waals surface area contributed by atoms with Crippen LogP contribution >= 0.6 is 0 Å². The van der Waals surface area contributed by atoms with E-state index in [4.69, 9.17) is 23.7 Å². The molecule has 1 aliphatic rings. The first-order chi connectivity index (χ1) is 25.7. The zero-order chi connectivity index (χ0) is 38.4. The molecule has 1 N–H and O–H groups in total. The second-order valence-electron chi connectivity index (χ2n) is 14.5. The quantitative estimate of drug-likeness (QED) is 0.0706. The van der Waals surface area contributed by atoms with Gasteiger partial charge in [0, 0.05) is 19.4 Å². The zero-order valence-electron chi connectivity index (χ0n) is 33.1. The van der Waals surface area contributed by atoms with E-state index in [1.165, 1.54) is 114 Å². The maximum atomic E-state index is 12.8. The Bertz CT molecular complexity index is 1490. The number of aromatic amines is 1. The third-order valence-electron chi connectivity index (χ3n) is 10.2. The lowest BCUT2D eigenvalue weighted by Gasteiger charge is -2.23. The van der Waals surface area contributed by atoms with Gasteiger partial charge >= 0.3 is 17.6 Å². The van der Waals surface area contributed by atoms with Crippen LogP contribution < -0.4 is 16.0 Å². The Balaban J connectivity index is 1.31. The van der Waals surface area contributed by atoms with Gasteiger partial charge in [-0.2, -0.15) is 0 Å². The van der Waals surface area contributed by atoms with Gasteiger partial charge in [-0.15, -0.1) is 0 Å². The standard InChI is InChI=1S/C42H66N2O9/c1-6-8-9-10-11-12-13-14-15-16-17-18-19-20-21-22-27-50-35-29-33(28-31(3)32(35)4)30-51-37(46)23-24-38(47)53-39-34(7-2)52-41(40(39)49-5)44-26-25-36(45)43-42(44)48/h25-26,28-29,34,39-41H,6-24,27,30H2,1-5H3,(H,43,45,48). The molecule has 4 unspecified atom stereocenters. The molecule has 0 spiro atoms. The summed E-state index contributed by atoms with van der Waals surface area (Å²) < 4.78 is 30.1. The third kappa shape index (κ3) is 15.4. The second kappa shape index (κ2) is 24.8. The topological polar surface area (TPSA) is 135 Å². The number of methoxy groups -OCH3 is 1. The fourth-order valence-corrected chi connectivity index (χ4v) is 6.90. The van der Waals surface area contributed by atoms with Crippen LogP contribution in [0.5, 0.6) is 5.75 Å². The normalized spacial score (nSPS) is 18.3. The number of esters is 2. The number of carbonyl (C=O) groups excluding carboxylic acids is 2. The SMILES string of the molecule is CCCCCCCCCCCCCCCCCCOc1cc(COC(=O)CCC(=O)OC2C(CC)OC(n3ccc(=O)[nH]c3=O)C2OC)cc(C)c1C. The van der Waals surface area contributed by atoms with Crippen molar-refractivity contribution < 1.29 is 33.3 Å². The number of unbranched alkanes of at least 4 members (excludes halogenated alkanes) is 15. The van der Waals surface area contributed by atoms with E-state index in [-0.39, 0.29) is 19.4 Å².